The largest absolute Gasteiger partial charge is 0.383 e. The molecule has 1 aliphatic carbocycles. The Morgan fingerprint density at radius 3 is 2.67 bits per heavy atom. The second kappa shape index (κ2) is 6.46. The van der Waals surface area contributed by atoms with Crippen molar-refractivity contribution in [2.75, 3.05) is 25.9 Å². The van der Waals surface area contributed by atoms with Crippen LogP contribution in [-0.2, 0) is 26.8 Å². The zero-order valence-corrected chi connectivity index (χ0v) is 14.7. The van der Waals surface area contributed by atoms with Gasteiger partial charge in [0, 0.05) is 19.0 Å². The molecule has 24 heavy (non-hydrogen) atoms. The third-order valence-electron chi connectivity index (χ3n) is 5.18. The number of fused-ring (bicyclic) bond motifs is 1. The second-order valence-electron chi connectivity index (χ2n) is 6.84. The number of piperidine rings is 1. The number of nitrogens with zero attached hydrogens (tertiary/aromatic N) is 1. The second-order valence-corrected chi connectivity index (χ2v) is 8.83. The molecule has 132 valence electrons. The lowest BCUT2D eigenvalue weighted by molar-refractivity contribution is -0.127. The summed E-state index contributed by atoms with van der Waals surface area (Å²) in [4.78, 5) is 12.4. The number of carbonyl (C=O) groups excluding carboxylic acids is 1. The Kier molecular flexibility index (Phi) is 4.68. The summed E-state index contributed by atoms with van der Waals surface area (Å²) in [6.07, 6.45) is 3.66. The lowest BCUT2D eigenvalue weighted by atomic mass is 9.94. The number of carbonyl (C=O) groups is 1. The molecule has 0 bridgehead atoms. The predicted molar refractivity (Wildman–Crippen MR) is 90.8 cm³/mol. The van der Waals surface area contributed by atoms with E-state index in [0.29, 0.717) is 32.4 Å². The van der Waals surface area contributed by atoms with Crippen molar-refractivity contribution in [1.29, 1.82) is 0 Å². The molecular weight excluding hydrogens is 328 g/mol. The molecule has 0 aromatic heterocycles. The van der Waals surface area contributed by atoms with Crippen LogP contribution in [0.2, 0.25) is 0 Å². The van der Waals surface area contributed by atoms with Gasteiger partial charge in [-0.15, -0.1) is 0 Å². The van der Waals surface area contributed by atoms with Gasteiger partial charge in [-0.25, -0.2) is 12.7 Å². The van der Waals surface area contributed by atoms with Crippen LogP contribution in [-0.4, -0.2) is 49.6 Å². The fourth-order valence-corrected chi connectivity index (χ4v) is 4.55. The number of hydrogen-bond donors (Lipinski definition) is 2. The molecule has 1 fully saturated rings. The summed E-state index contributed by atoms with van der Waals surface area (Å²) in [6, 6.07) is 7.78. The smallest absolute Gasteiger partial charge is 0.223 e. The highest BCUT2D eigenvalue weighted by molar-refractivity contribution is 7.88. The quantitative estimate of drug-likeness (QED) is 0.831. The van der Waals surface area contributed by atoms with Gasteiger partial charge in [-0.3, -0.25) is 4.79 Å². The van der Waals surface area contributed by atoms with E-state index in [4.69, 9.17) is 0 Å². The first-order valence-corrected chi connectivity index (χ1v) is 10.2. The first kappa shape index (κ1) is 17.4. The Balaban J connectivity index is 1.56. The van der Waals surface area contributed by atoms with Crippen molar-refractivity contribution in [1.82, 2.24) is 9.62 Å². The van der Waals surface area contributed by atoms with Crippen molar-refractivity contribution in [3.63, 3.8) is 0 Å². The highest BCUT2D eigenvalue weighted by Crippen LogP contribution is 2.36. The maximum absolute atomic E-state index is 12.4. The van der Waals surface area contributed by atoms with E-state index < -0.39 is 15.6 Å². The average molecular weight is 352 g/mol. The summed E-state index contributed by atoms with van der Waals surface area (Å²) >= 11 is 0. The summed E-state index contributed by atoms with van der Waals surface area (Å²) in [6.45, 7) is 0.961. The minimum absolute atomic E-state index is 0.0963. The van der Waals surface area contributed by atoms with Gasteiger partial charge in [-0.05, 0) is 36.8 Å². The number of sulfonamides is 1. The van der Waals surface area contributed by atoms with Crippen LogP contribution >= 0.6 is 0 Å². The Labute approximate surface area is 142 Å². The Morgan fingerprint density at radius 2 is 2.00 bits per heavy atom. The van der Waals surface area contributed by atoms with Crippen molar-refractivity contribution in [3.8, 4) is 0 Å². The van der Waals surface area contributed by atoms with Crippen LogP contribution < -0.4 is 5.32 Å². The van der Waals surface area contributed by atoms with Crippen LogP contribution in [0.25, 0.3) is 0 Å². The van der Waals surface area contributed by atoms with E-state index >= 15 is 0 Å². The maximum Gasteiger partial charge on any atom is 0.223 e. The van der Waals surface area contributed by atoms with Gasteiger partial charge >= 0.3 is 0 Å². The Bertz CT molecular complexity index is 726. The fourth-order valence-electron chi connectivity index (χ4n) is 3.68. The lowest BCUT2D eigenvalue weighted by Gasteiger charge is -2.31. The standard InChI is InChI=1S/C17H24N2O4S/c1-24(22,23)19-10-7-14(8-11-19)16(20)18-12-17(21)9-6-13-4-2-3-5-15(13)17/h2-5,14,21H,6-12H2,1H3,(H,18,20)/t17-/m1/s1. The molecule has 2 N–H and O–H groups in total. The maximum atomic E-state index is 12.4. The summed E-state index contributed by atoms with van der Waals surface area (Å²) in [7, 11) is -3.18. The molecule has 3 rings (SSSR count). The van der Waals surface area contributed by atoms with Gasteiger partial charge in [0.1, 0.15) is 5.60 Å². The third-order valence-corrected chi connectivity index (χ3v) is 6.48. The van der Waals surface area contributed by atoms with Crippen molar-refractivity contribution in [2.24, 2.45) is 5.92 Å². The van der Waals surface area contributed by atoms with Crippen LogP contribution in [0.4, 0.5) is 0 Å². The SMILES string of the molecule is CS(=O)(=O)N1CCC(C(=O)NC[C@]2(O)CCc3ccccc32)CC1. The van der Waals surface area contributed by atoms with Crippen molar-refractivity contribution < 1.29 is 18.3 Å². The third kappa shape index (κ3) is 3.48. The molecule has 0 radical (unpaired) electrons. The number of aryl methyl sites for hydroxylation is 1. The van der Waals surface area contributed by atoms with Gasteiger partial charge in [0.15, 0.2) is 0 Å². The minimum atomic E-state index is -3.18. The van der Waals surface area contributed by atoms with E-state index in [-0.39, 0.29) is 18.4 Å². The molecule has 1 saturated heterocycles. The monoisotopic (exact) mass is 352 g/mol. The first-order chi connectivity index (χ1) is 11.3. The summed E-state index contributed by atoms with van der Waals surface area (Å²) in [5.41, 5.74) is 1.03. The number of aliphatic hydroxyl groups is 1. The molecule has 6 nitrogen and oxygen atoms in total. The van der Waals surface area contributed by atoms with E-state index in [2.05, 4.69) is 5.32 Å². The molecule has 7 heteroatoms. The highest BCUT2D eigenvalue weighted by atomic mass is 32.2. The van der Waals surface area contributed by atoms with E-state index in [0.717, 1.165) is 17.5 Å². The molecule has 1 atom stereocenters. The number of hydrogen-bond acceptors (Lipinski definition) is 4. The Hall–Kier alpha value is -1.44. The fraction of sp³-hybridized carbons (Fsp3) is 0.588. The van der Waals surface area contributed by atoms with E-state index in [1.165, 1.54) is 10.6 Å². The number of rotatable bonds is 4. The van der Waals surface area contributed by atoms with Crippen LogP contribution in [0.15, 0.2) is 24.3 Å². The number of nitrogens with one attached hydrogen (secondary N) is 1. The predicted octanol–water partition coefficient (Wildman–Crippen LogP) is 0.608. The molecular formula is C17H24N2O4S. The summed E-state index contributed by atoms with van der Waals surface area (Å²) < 4.78 is 24.4. The van der Waals surface area contributed by atoms with Crippen LogP contribution in [0.1, 0.15) is 30.4 Å². The van der Waals surface area contributed by atoms with Gasteiger partial charge in [-0.2, -0.15) is 0 Å². The van der Waals surface area contributed by atoms with Crippen LogP contribution in [0.3, 0.4) is 0 Å². The van der Waals surface area contributed by atoms with E-state index in [1.807, 2.05) is 24.3 Å². The minimum Gasteiger partial charge on any atom is -0.383 e. The first-order valence-electron chi connectivity index (χ1n) is 8.33. The van der Waals surface area contributed by atoms with Crippen molar-refractivity contribution in [3.05, 3.63) is 35.4 Å². The van der Waals surface area contributed by atoms with Gasteiger partial charge < -0.3 is 10.4 Å². The Morgan fingerprint density at radius 1 is 1.33 bits per heavy atom. The summed E-state index contributed by atoms with van der Waals surface area (Å²) in [5.74, 6) is -0.288. The highest BCUT2D eigenvalue weighted by Gasteiger charge is 2.37. The molecule has 1 heterocycles. The van der Waals surface area contributed by atoms with Crippen LogP contribution in [0, 0.1) is 5.92 Å². The van der Waals surface area contributed by atoms with Gasteiger partial charge in [0.2, 0.25) is 15.9 Å². The van der Waals surface area contributed by atoms with Gasteiger partial charge in [0.25, 0.3) is 0 Å². The topological polar surface area (TPSA) is 86.7 Å². The van der Waals surface area contributed by atoms with Crippen LogP contribution in [0.5, 0.6) is 0 Å². The van der Waals surface area contributed by atoms with Gasteiger partial charge in [0.05, 0.1) is 12.8 Å². The van der Waals surface area contributed by atoms with E-state index in [9.17, 15) is 18.3 Å². The summed E-state index contributed by atoms with van der Waals surface area (Å²) in [5, 5.41) is 13.7. The molecule has 2 aliphatic rings. The van der Waals surface area contributed by atoms with Gasteiger partial charge in [-0.1, -0.05) is 24.3 Å². The molecule has 0 saturated carbocycles. The molecule has 1 amide bonds. The zero-order valence-electron chi connectivity index (χ0n) is 13.9. The van der Waals surface area contributed by atoms with Crippen molar-refractivity contribution in [2.45, 2.75) is 31.3 Å². The molecule has 1 aliphatic heterocycles. The molecule has 1 aromatic rings. The van der Waals surface area contributed by atoms with E-state index in [1.54, 1.807) is 0 Å². The van der Waals surface area contributed by atoms with Crippen molar-refractivity contribution >= 4 is 15.9 Å². The zero-order chi connectivity index (χ0) is 17.4. The lowest BCUT2D eigenvalue weighted by Crippen LogP contribution is -2.45. The molecule has 0 unspecified atom stereocenters. The molecule has 1 aromatic carbocycles. The number of amides is 1. The normalized spacial score (nSPS) is 25.4. The number of benzene rings is 1. The average Bonchev–Trinajstić information content (AvgIpc) is 2.90. The molecule has 0 spiro atoms.